The van der Waals surface area contributed by atoms with Gasteiger partial charge in [-0.2, -0.15) is 11.8 Å². The average molecular weight is 301 g/mol. The zero-order valence-electron chi connectivity index (χ0n) is 12.4. The van der Waals surface area contributed by atoms with E-state index in [2.05, 4.69) is 12.2 Å². The van der Waals surface area contributed by atoms with Crippen molar-refractivity contribution in [3.63, 3.8) is 0 Å². The Morgan fingerprint density at radius 3 is 2.65 bits per heavy atom. The van der Waals surface area contributed by atoms with Gasteiger partial charge in [-0.25, -0.2) is 0 Å². The van der Waals surface area contributed by atoms with Crippen LogP contribution in [0.1, 0.15) is 58.3 Å². The van der Waals surface area contributed by atoms with Gasteiger partial charge in [0.25, 0.3) is 0 Å². The molecule has 0 aromatic rings. The lowest BCUT2D eigenvalue weighted by Gasteiger charge is -2.22. The lowest BCUT2D eigenvalue weighted by atomic mass is 9.95. The van der Waals surface area contributed by atoms with Crippen LogP contribution in [0, 0.1) is 5.92 Å². The Morgan fingerprint density at radius 2 is 1.95 bits per heavy atom. The van der Waals surface area contributed by atoms with Crippen molar-refractivity contribution in [3.8, 4) is 0 Å². The van der Waals surface area contributed by atoms with E-state index < -0.39 is 11.9 Å². The van der Waals surface area contributed by atoms with E-state index in [9.17, 15) is 14.7 Å². The van der Waals surface area contributed by atoms with E-state index in [1.165, 1.54) is 12.8 Å². The first-order valence-electron chi connectivity index (χ1n) is 7.75. The molecule has 20 heavy (non-hydrogen) atoms. The number of carboxylic acid groups (broad SMARTS) is 1. The maximum absolute atomic E-state index is 11.9. The molecular formula is C15H27NO3S. The third-order valence-electron chi connectivity index (χ3n) is 3.80. The summed E-state index contributed by atoms with van der Waals surface area (Å²) in [7, 11) is 0. The van der Waals surface area contributed by atoms with Gasteiger partial charge in [-0.1, -0.05) is 32.6 Å². The normalized spacial score (nSPS) is 23.1. The molecule has 0 spiro atoms. The molecule has 1 aliphatic carbocycles. The van der Waals surface area contributed by atoms with E-state index >= 15 is 0 Å². The predicted octanol–water partition coefficient (Wildman–Crippen LogP) is 3.06. The summed E-state index contributed by atoms with van der Waals surface area (Å²) in [6.45, 7) is 2.16. The first kappa shape index (κ1) is 17.3. The summed E-state index contributed by atoms with van der Waals surface area (Å²) in [5.74, 6) is 0.761. The van der Waals surface area contributed by atoms with Gasteiger partial charge in [-0.05, 0) is 25.0 Å². The van der Waals surface area contributed by atoms with Crippen molar-refractivity contribution in [2.24, 2.45) is 5.92 Å². The highest BCUT2D eigenvalue weighted by Gasteiger charge is 2.30. The molecule has 5 heteroatoms. The fourth-order valence-corrected chi connectivity index (χ4v) is 3.59. The smallest absolute Gasteiger partial charge is 0.308 e. The van der Waals surface area contributed by atoms with Crippen LogP contribution >= 0.6 is 11.8 Å². The van der Waals surface area contributed by atoms with Crippen LogP contribution in [-0.4, -0.2) is 34.5 Å². The van der Waals surface area contributed by atoms with Crippen LogP contribution in [0.2, 0.25) is 0 Å². The highest BCUT2D eigenvalue weighted by Crippen LogP contribution is 2.24. The molecule has 4 nitrogen and oxygen atoms in total. The Labute approximate surface area is 126 Å². The second kappa shape index (κ2) is 10.1. The van der Waals surface area contributed by atoms with Crippen molar-refractivity contribution in [1.29, 1.82) is 0 Å². The molecule has 0 heterocycles. The lowest BCUT2D eigenvalue weighted by Crippen LogP contribution is -2.42. The van der Waals surface area contributed by atoms with Gasteiger partial charge < -0.3 is 10.4 Å². The molecule has 1 rings (SSSR count). The summed E-state index contributed by atoms with van der Waals surface area (Å²) in [4.78, 5) is 23.2. The molecule has 0 aromatic carbocycles. The van der Waals surface area contributed by atoms with Crippen LogP contribution in [-0.2, 0) is 9.59 Å². The quantitative estimate of drug-likeness (QED) is 0.534. The van der Waals surface area contributed by atoms with Crippen LogP contribution in [0.5, 0.6) is 0 Å². The number of amides is 1. The highest BCUT2D eigenvalue weighted by atomic mass is 32.2. The van der Waals surface area contributed by atoms with Crippen molar-refractivity contribution in [2.45, 2.75) is 64.3 Å². The summed E-state index contributed by atoms with van der Waals surface area (Å²) >= 11 is 1.80. The molecule has 1 fully saturated rings. The van der Waals surface area contributed by atoms with E-state index in [0.29, 0.717) is 12.8 Å². The van der Waals surface area contributed by atoms with Gasteiger partial charge in [-0.3, -0.25) is 9.59 Å². The first-order chi connectivity index (χ1) is 9.65. The number of hydrogen-bond donors (Lipinski definition) is 2. The third-order valence-corrected chi connectivity index (χ3v) is 4.87. The minimum atomic E-state index is -0.769. The molecule has 2 N–H and O–H groups in total. The van der Waals surface area contributed by atoms with Crippen LogP contribution in [0.3, 0.4) is 0 Å². The summed E-state index contributed by atoms with van der Waals surface area (Å²) in [5.41, 5.74) is 0. The second-order valence-electron chi connectivity index (χ2n) is 5.47. The molecule has 0 aromatic heterocycles. The summed E-state index contributed by atoms with van der Waals surface area (Å²) in [6.07, 6.45) is 7.39. The van der Waals surface area contributed by atoms with E-state index in [0.717, 1.165) is 37.2 Å². The van der Waals surface area contributed by atoms with Crippen LogP contribution in [0.25, 0.3) is 0 Å². The van der Waals surface area contributed by atoms with E-state index in [1.54, 1.807) is 11.8 Å². The molecular weight excluding hydrogens is 274 g/mol. The molecule has 0 saturated heterocycles. The number of carboxylic acids is 1. The number of carbonyl (C=O) groups is 2. The average Bonchev–Trinajstić information content (AvgIpc) is 2.64. The minimum Gasteiger partial charge on any atom is -0.481 e. The summed E-state index contributed by atoms with van der Waals surface area (Å²) in [6, 6.07) is -0.178. The number of rotatable bonds is 8. The van der Waals surface area contributed by atoms with Crippen molar-refractivity contribution < 1.29 is 14.7 Å². The minimum absolute atomic E-state index is 0.00662. The molecule has 1 amide bonds. The first-order valence-corrected chi connectivity index (χ1v) is 8.90. The molecule has 2 atom stereocenters. The van der Waals surface area contributed by atoms with Gasteiger partial charge in [0.15, 0.2) is 0 Å². The number of nitrogens with one attached hydrogen (secondary N) is 1. The summed E-state index contributed by atoms with van der Waals surface area (Å²) in [5, 5.41) is 12.2. The number of aliphatic carboxylic acids is 1. The Morgan fingerprint density at radius 1 is 1.20 bits per heavy atom. The Hall–Kier alpha value is -0.710. The molecule has 0 bridgehead atoms. The van der Waals surface area contributed by atoms with Crippen molar-refractivity contribution >= 4 is 23.6 Å². The van der Waals surface area contributed by atoms with Crippen molar-refractivity contribution in [2.75, 3.05) is 11.5 Å². The van der Waals surface area contributed by atoms with Gasteiger partial charge in [0.2, 0.25) is 5.91 Å². The van der Waals surface area contributed by atoms with Gasteiger partial charge in [0, 0.05) is 18.2 Å². The van der Waals surface area contributed by atoms with Gasteiger partial charge in [0.05, 0.1) is 5.92 Å². The van der Waals surface area contributed by atoms with E-state index in [-0.39, 0.29) is 11.9 Å². The zero-order chi connectivity index (χ0) is 14.8. The topological polar surface area (TPSA) is 66.4 Å². The number of carbonyl (C=O) groups excluding carboxylic acids is 1. The van der Waals surface area contributed by atoms with E-state index in [4.69, 9.17) is 0 Å². The van der Waals surface area contributed by atoms with Gasteiger partial charge >= 0.3 is 5.97 Å². The lowest BCUT2D eigenvalue weighted by molar-refractivity contribution is -0.143. The number of hydrogen-bond acceptors (Lipinski definition) is 3. The predicted molar refractivity (Wildman–Crippen MR) is 83.0 cm³/mol. The maximum atomic E-state index is 11.9. The molecule has 1 saturated carbocycles. The molecule has 1 aliphatic rings. The van der Waals surface area contributed by atoms with Gasteiger partial charge in [-0.15, -0.1) is 0 Å². The van der Waals surface area contributed by atoms with Crippen LogP contribution in [0.15, 0.2) is 0 Å². The Balaban J connectivity index is 2.31. The van der Waals surface area contributed by atoms with E-state index in [1.807, 2.05) is 0 Å². The van der Waals surface area contributed by atoms with Crippen molar-refractivity contribution in [3.05, 3.63) is 0 Å². The Kier molecular flexibility index (Phi) is 8.74. The summed E-state index contributed by atoms with van der Waals surface area (Å²) < 4.78 is 0. The number of thioether (sulfide) groups is 1. The number of unbranched alkanes of at least 4 members (excludes halogenated alkanes) is 1. The monoisotopic (exact) mass is 301 g/mol. The SMILES string of the molecule is CCCCSCCC(=O)N[C@H]1CCCCC[C@H]1C(=O)O. The van der Waals surface area contributed by atoms with Crippen LogP contribution < -0.4 is 5.32 Å². The second-order valence-corrected chi connectivity index (χ2v) is 6.70. The fourth-order valence-electron chi connectivity index (χ4n) is 2.57. The van der Waals surface area contributed by atoms with Crippen LogP contribution in [0.4, 0.5) is 0 Å². The molecule has 0 aliphatic heterocycles. The fraction of sp³-hybridized carbons (Fsp3) is 0.867. The van der Waals surface area contributed by atoms with Crippen molar-refractivity contribution in [1.82, 2.24) is 5.32 Å². The molecule has 0 unspecified atom stereocenters. The maximum Gasteiger partial charge on any atom is 0.308 e. The molecule has 0 radical (unpaired) electrons. The standard InChI is InChI=1S/C15H27NO3S/c1-2-3-10-20-11-9-14(17)16-13-8-6-4-5-7-12(13)15(18)19/h12-13H,2-11H2,1H3,(H,16,17)(H,18,19)/t12-,13+/m1/s1. The van der Waals surface area contributed by atoms with Gasteiger partial charge in [0.1, 0.15) is 0 Å². The molecule has 116 valence electrons. The Bertz CT molecular complexity index is 309. The largest absolute Gasteiger partial charge is 0.481 e. The highest BCUT2D eigenvalue weighted by molar-refractivity contribution is 7.99. The third kappa shape index (κ3) is 6.64. The zero-order valence-corrected chi connectivity index (χ0v) is 13.2.